The van der Waals surface area contributed by atoms with Crippen molar-refractivity contribution in [2.24, 2.45) is 5.92 Å². The summed E-state index contributed by atoms with van der Waals surface area (Å²) in [7, 11) is 0. The van der Waals surface area contributed by atoms with Crippen LogP contribution in [0, 0.1) is 5.92 Å². The highest BCUT2D eigenvalue weighted by atomic mass is 19.4. The molecular formula is C13H23F3N2O2. The number of nitrogens with zero attached hydrogens (tertiary/aromatic N) is 1. The van der Waals surface area contributed by atoms with Gasteiger partial charge < -0.3 is 10.1 Å². The second-order valence-corrected chi connectivity index (χ2v) is 5.20. The fraction of sp³-hybridized carbons (Fsp3) is 0.923. The molecule has 4 nitrogen and oxygen atoms in total. The molecule has 0 spiro atoms. The third-order valence-electron chi connectivity index (χ3n) is 3.44. The zero-order valence-electron chi connectivity index (χ0n) is 12.0. The molecule has 0 aromatic heterocycles. The summed E-state index contributed by atoms with van der Waals surface area (Å²) in [6.45, 7) is 4.41. The molecule has 0 amide bonds. The number of esters is 1. The Morgan fingerprint density at radius 3 is 2.60 bits per heavy atom. The summed E-state index contributed by atoms with van der Waals surface area (Å²) in [5.74, 6) is -0.0114. The van der Waals surface area contributed by atoms with E-state index in [1.165, 1.54) is 0 Å². The molecule has 1 aliphatic heterocycles. The van der Waals surface area contributed by atoms with E-state index in [0.717, 1.165) is 13.0 Å². The number of halogens is 3. The van der Waals surface area contributed by atoms with E-state index >= 15 is 0 Å². The van der Waals surface area contributed by atoms with Crippen molar-refractivity contribution in [3.63, 3.8) is 0 Å². The standard InChI is InChI=1S/C13H23F3N2O2/c1-3-10-5-11(17-9-13(14,15)16)7-18(6-10)8-12(19)20-4-2/h10-11,17H,3-9H2,1-2H3. The van der Waals surface area contributed by atoms with Gasteiger partial charge in [0.25, 0.3) is 0 Å². The zero-order chi connectivity index (χ0) is 15.2. The van der Waals surface area contributed by atoms with Crippen molar-refractivity contribution >= 4 is 5.97 Å². The lowest BCUT2D eigenvalue weighted by Gasteiger charge is -2.37. The SMILES string of the molecule is CCOC(=O)CN1CC(CC)CC(NCC(F)(F)F)C1. The Hall–Kier alpha value is -0.820. The number of ether oxygens (including phenoxy) is 1. The van der Waals surface area contributed by atoms with Crippen LogP contribution in [-0.2, 0) is 9.53 Å². The first-order chi connectivity index (χ1) is 9.34. The van der Waals surface area contributed by atoms with Gasteiger partial charge in [0.2, 0.25) is 0 Å². The topological polar surface area (TPSA) is 41.6 Å². The monoisotopic (exact) mass is 296 g/mol. The molecule has 0 aliphatic carbocycles. The second kappa shape index (κ2) is 7.83. The minimum absolute atomic E-state index is 0.147. The molecule has 0 aromatic carbocycles. The number of hydrogen-bond acceptors (Lipinski definition) is 4. The summed E-state index contributed by atoms with van der Waals surface area (Å²) in [4.78, 5) is 13.3. The van der Waals surface area contributed by atoms with Gasteiger partial charge in [0, 0.05) is 19.1 Å². The van der Waals surface area contributed by atoms with Crippen LogP contribution in [-0.4, -0.2) is 55.9 Å². The highest BCUT2D eigenvalue weighted by Crippen LogP contribution is 2.21. The molecule has 1 aliphatic rings. The molecule has 0 radical (unpaired) electrons. The molecule has 20 heavy (non-hydrogen) atoms. The Labute approximate surface area is 117 Å². The lowest BCUT2D eigenvalue weighted by molar-refractivity contribution is -0.145. The molecule has 1 rings (SSSR count). The van der Waals surface area contributed by atoms with Gasteiger partial charge >= 0.3 is 12.1 Å². The molecule has 1 fully saturated rings. The molecule has 1 saturated heterocycles. The van der Waals surface area contributed by atoms with Gasteiger partial charge in [0.1, 0.15) is 0 Å². The minimum Gasteiger partial charge on any atom is -0.465 e. The van der Waals surface area contributed by atoms with Crippen LogP contribution in [0.4, 0.5) is 13.2 Å². The van der Waals surface area contributed by atoms with E-state index < -0.39 is 12.7 Å². The van der Waals surface area contributed by atoms with Crippen LogP contribution in [0.1, 0.15) is 26.7 Å². The van der Waals surface area contributed by atoms with E-state index in [9.17, 15) is 18.0 Å². The van der Waals surface area contributed by atoms with Gasteiger partial charge in [-0.1, -0.05) is 13.3 Å². The van der Waals surface area contributed by atoms with Gasteiger partial charge in [0.05, 0.1) is 19.7 Å². The first-order valence-corrected chi connectivity index (χ1v) is 7.02. The van der Waals surface area contributed by atoms with Gasteiger partial charge in [-0.05, 0) is 19.3 Å². The molecule has 0 aromatic rings. The maximum atomic E-state index is 12.2. The smallest absolute Gasteiger partial charge is 0.401 e. The third-order valence-corrected chi connectivity index (χ3v) is 3.44. The van der Waals surface area contributed by atoms with Crippen LogP contribution in [0.15, 0.2) is 0 Å². The lowest BCUT2D eigenvalue weighted by atomic mass is 9.92. The minimum atomic E-state index is -4.20. The van der Waals surface area contributed by atoms with Crippen molar-refractivity contribution in [2.45, 2.75) is 38.9 Å². The Bertz CT molecular complexity index is 310. The molecule has 1 N–H and O–H groups in total. The quantitative estimate of drug-likeness (QED) is 0.759. The Balaban J connectivity index is 2.49. The van der Waals surface area contributed by atoms with Gasteiger partial charge in [-0.3, -0.25) is 9.69 Å². The molecule has 7 heteroatoms. The number of nitrogens with one attached hydrogen (secondary N) is 1. The normalized spacial score (nSPS) is 24.6. The van der Waals surface area contributed by atoms with Crippen molar-refractivity contribution in [3.05, 3.63) is 0 Å². The van der Waals surface area contributed by atoms with Gasteiger partial charge in [-0.2, -0.15) is 13.2 Å². The molecule has 1 heterocycles. The maximum absolute atomic E-state index is 12.2. The summed E-state index contributed by atoms with van der Waals surface area (Å²) >= 11 is 0. The van der Waals surface area contributed by atoms with E-state index in [1.54, 1.807) is 6.92 Å². The van der Waals surface area contributed by atoms with Crippen LogP contribution in [0.2, 0.25) is 0 Å². The Morgan fingerprint density at radius 2 is 2.05 bits per heavy atom. The zero-order valence-corrected chi connectivity index (χ0v) is 12.0. The molecule has 2 unspecified atom stereocenters. The third kappa shape index (κ3) is 6.56. The Morgan fingerprint density at radius 1 is 1.35 bits per heavy atom. The van der Waals surface area contributed by atoms with Crippen molar-refractivity contribution in [2.75, 3.05) is 32.8 Å². The lowest BCUT2D eigenvalue weighted by Crippen LogP contribution is -2.52. The summed E-state index contributed by atoms with van der Waals surface area (Å²) in [5, 5.41) is 2.54. The van der Waals surface area contributed by atoms with E-state index in [2.05, 4.69) is 5.32 Å². The molecule has 0 bridgehead atoms. The maximum Gasteiger partial charge on any atom is 0.401 e. The predicted octanol–water partition coefficient (Wildman–Crippen LogP) is 1.80. The van der Waals surface area contributed by atoms with Crippen LogP contribution in [0.25, 0.3) is 0 Å². The largest absolute Gasteiger partial charge is 0.465 e. The van der Waals surface area contributed by atoms with E-state index in [1.807, 2.05) is 11.8 Å². The number of likely N-dealkylation sites (tertiary alicyclic amines) is 1. The summed E-state index contributed by atoms with van der Waals surface area (Å²) in [6.07, 6.45) is -2.60. The van der Waals surface area contributed by atoms with Gasteiger partial charge in [-0.15, -0.1) is 0 Å². The fourth-order valence-electron chi connectivity index (χ4n) is 2.52. The number of alkyl halides is 3. The summed E-state index contributed by atoms with van der Waals surface area (Å²) in [6, 6.07) is -0.232. The average molecular weight is 296 g/mol. The molecular weight excluding hydrogens is 273 g/mol. The second-order valence-electron chi connectivity index (χ2n) is 5.20. The van der Waals surface area contributed by atoms with Crippen LogP contribution < -0.4 is 5.32 Å². The number of carbonyl (C=O) groups is 1. The van der Waals surface area contributed by atoms with E-state index in [0.29, 0.717) is 25.5 Å². The van der Waals surface area contributed by atoms with Crippen LogP contribution in [0.5, 0.6) is 0 Å². The summed E-state index contributed by atoms with van der Waals surface area (Å²) < 4.78 is 41.6. The molecule has 0 saturated carbocycles. The van der Waals surface area contributed by atoms with Crippen molar-refractivity contribution < 1.29 is 22.7 Å². The van der Waals surface area contributed by atoms with Gasteiger partial charge in [0.15, 0.2) is 0 Å². The number of carbonyl (C=O) groups excluding carboxylic acids is 1. The van der Waals surface area contributed by atoms with E-state index in [4.69, 9.17) is 4.74 Å². The predicted molar refractivity (Wildman–Crippen MR) is 69.3 cm³/mol. The molecule has 2 atom stereocenters. The fourth-order valence-corrected chi connectivity index (χ4v) is 2.52. The first-order valence-electron chi connectivity index (χ1n) is 7.02. The highest BCUT2D eigenvalue weighted by molar-refractivity contribution is 5.71. The van der Waals surface area contributed by atoms with Crippen molar-refractivity contribution in [1.82, 2.24) is 10.2 Å². The van der Waals surface area contributed by atoms with Crippen molar-refractivity contribution in [3.8, 4) is 0 Å². The number of hydrogen-bond donors (Lipinski definition) is 1. The Kier molecular flexibility index (Phi) is 6.75. The summed E-state index contributed by atoms with van der Waals surface area (Å²) in [5.41, 5.74) is 0. The van der Waals surface area contributed by atoms with Crippen LogP contribution in [0.3, 0.4) is 0 Å². The average Bonchev–Trinajstić information content (AvgIpc) is 2.35. The van der Waals surface area contributed by atoms with Crippen LogP contribution >= 0.6 is 0 Å². The van der Waals surface area contributed by atoms with E-state index in [-0.39, 0.29) is 18.6 Å². The first kappa shape index (κ1) is 17.2. The van der Waals surface area contributed by atoms with Gasteiger partial charge in [-0.25, -0.2) is 0 Å². The number of rotatable bonds is 6. The molecule has 118 valence electrons. The number of piperidine rings is 1. The highest BCUT2D eigenvalue weighted by Gasteiger charge is 2.32. The van der Waals surface area contributed by atoms with Crippen molar-refractivity contribution in [1.29, 1.82) is 0 Å².